The number of nitrogens with one attached hydrogen (secondary N) is 1. The van der Waals surface area contributed by atoms with Crippen molar-refractivity contribution >= 4 is 11.9 Å². The molecule has 8 heteroatoms. The van der Waals surface area contributed by atoms with E-state index in [4.69, 9.17) is 0 Å². The molecule has 1 aromatic heterocycles. The van der Waals surface area contributed by atoms with Gasteiger partial charge in [0.1, 0.15) is 5.69 Å². The molecular formula is C13H14F3N3O2. The number of carbonyl (C=O) groups is 1. The molecule has 3 rings (SSSR count). The number of carboxylic acid groups (broad SMARTS) is 1. The van der Waals surface area contributed by atoms with E-state index in [0.29, 0.717) is 0 Å². The summed E-state index contributed by atoms with van der Waals surface area (Å²) in [5, 5.41) is 12.1. The Bertz CT molecular complexity index is 564. The molecule has 0 aromatic carbocycles. The zero-order valence-electron chi connectivity index (χ0n) is 11.0. The fraction of sp³-hybridized carbons (Fsp3) is 0.615. The average molecular weight is 301 g/mol. The van der Waals surface area contributed by atoms with Crippen LogP contribution in [0.15, 0.2) is 12.3 Å². The Hall–Kier alpha value is -1.86. The van der Waals surface area contributed by atoms with Gasteiger partial charge in [-0.2, -0.15) is 13.2 Å². The molecule has 4 unspecified atom stereocenters. The van der Waals surface area contributed by atoms with E-state index in [2.05, 4.69) is 15.3 Å². The number of aromatic nitrogens is 2. The summed E-state index contributed by atoms with van der Waals surface area (Å²) in [5.74, 6) is -1.40. The first-order valence-electron chi connectivity index (χ1n) is 6.76. The minimum absolute atomic E-state index is 0.0933. The van der Waals surface area contributed by atoms with E-state index in [9.17, 15) is 23.1 Å². The van der Waals surface area contributed by atoms with E-state index in [1.807, 2.05) is 0 Å². The van der Waals surface area contributed by atoms with E-state index in [1.165, 1.54) is 0 Å². The number of fused-ring (bicyclic) bond motifs is 2. The van der Waals surface area contributed by atoms with Crippen LogP contribution in [0.4, 0.5) is 19.1 Å². The summed E-state index contributed by atoms with van der Waals surface area (Å²) in [7, 11) is 0. The summed E-state index contributed by atoms with van der Waals surface area (Å²) in [6.07, 6.45) is -0.955. The zero-order chi connectivity index (χ0) is 15.2. The molecule has 5 nitrogen and oxygen atoms in total. The van der Waals surface area contributed by atoms with Crippen LogP contribution in [0.5, 0.6) is 0 Å². The highest BCUT2D eigenvalue weighted by Gasteiger charge is 2.51. The van der Waals surface area contributed by atoms with Gasteiger partial charge in [0.2, 0.25) is 5.95 Å². The average Bonchev–Trinajstić information content (AvgIpc) is 2.98. The Morgan fingerprint density at radius 1 is 1.33 bits per heavy atom. The molecule has 114 valence electrons. The molecule has 0 aliphatic heterocycles. The molecule has 1 aromatic rings. The monoisotopic (exact) mass is 301 g/mol. The molecule has 0 amide bonds. The highest BCUT2D eigenvalue weighted by molar-refractivity contribution is 5.73. The van der Waals surface area contributed by atoms with Gasteiger partial charge in [0.15, 0.2) is 0 Å². The molecule has 4 atom stereocenters. The summed E-state index contributed by atoms with van der Waals surface area (Å²) in [6.45, 7) is 0. The van der Waals surface area contributed by atoms with Crippen molar-refractivity contribution in [3.63, 3.8) is 0 Å². The number of nitrogens with zero attached hydrogens (tertiary/aromatic N) is 2. The van der Waals surface area contributed by atoms with Gasteiger partial charge in [0.05, 0.1) is 5.92 Å². The van der Waals surface area contributed by atoms with Crippen LogP contribution < -0.4 is 5.32 Å². The second-order valence-corrected chi connectivity index (χ2v) is 5.63. The minimum atomic E-state index is -4.54. The topological polar surface area (TPSA) is 75.1 Å². The minimum Gasteiger partial charge on any atom is -0.481 e. The maximum Gasteiger partial charge on any atom is 0.433 e. The van der Waals surface area contributed by atoms with E-state index < -0.39 is 29.8 Å². The second kappa shape index (κ2) is 4.85. The van der Waals surface area contributed by atoms with Gasteiger partial charge in [-0.15, -0.1) is 0 Å². The Labute approximate surface area is 118 Å². The van der Waals surface area contributed by atoms with Gasteiger partial charge in [-0.3, -0.25) is 4.79 Å². The Morgan fingerprint density at radius 2 is 2.05 bits per heavy atom. The second-order valence-electron chi connectivity index (χ2n) is 5.63. The summed E-state index contributed by atoms with van der Waals surface area (Å²) in [4.78, 5) is 18.6. The highest BCUT2D eigenvalue weighted by Crippen LogP contribution is 2.49. The Balaban J connectivity index is 1.82. The van der Waals surface area contributed by atoms with Gasteiger partial charge < -0.3 is 10.4 Å². The number of rotatable bonds is 3. The summed E-state index contributed by atoms with van der Waals surface area (Å²) >= 11 is 0. The number of carboxylic acids is 1. The van der Waals surface area contributed by atoms with Crippen LogP contribution in [0.1, 0.15) is 25.0 Å². The predicted molar refractivity (Wildman–Crippen MR) is 66.4 cm³/mol. The fourth-order valence-corrected chi connectivity index (χ4v) is 3.59. The van der Waals surface area contributed by atoms with Crippen LogP contribution in [0.2, 0.25) is 0 Å². The third-order valence-corrected chi connectivity index (χ3v) is 4.44. The highest BCUT2D eigenvalue weighted by atomic mass is 19.4. The quantitative estimate of drug-likeness (QED) is 0.896. The lowest BCUT2D eigenvalue weighted by Gasteiger charge is -2.28. The van der Waals surface area contributed by atoms with Crippen LogP contribution in [0.25, 0.3) is 0 Å². The molecule has 2 fully saturated rings. The lowest BCUT2D eigenvalue weighted by atomic mass is 9.84. The van der Waals surface area contributed by atoms with Crippen molar-refractivity contribution in [1.82, 2.24) is 9.97 Å². The van der Waals surface area contributed by atoms with Crippen molar-refractivity contribution in [2.24, 2.45) is 17.8 Å². The molecule has 2 N–H and O–H groups in total. The van der Waals surface area contributed by atoms with Gasteiger partial charge in [-0.25, -0.2) is 9.97 Å². The van der Waals surface area contributed by atoms with E-state index in [0.717, 1.165) is 31.5 Å². The van der Waals surface area contributed by atoms with Gasteiger partial charge >= 0.3 is 12.1 Å². The van der Waals surface area contributed by atoms with Gasteiger partial charge in [-0.1, -0.05) is 0 Å². The van der Waals surface area contributed by atoms with Crippen LogP contribution >= 0.6 is 0 Å². The van der Waals surface area contributed by atoms with E-state index >= 15 is 0 Å². The third kappa shape index (κ3) is 2.54. The number of hydrogen-bond acceptors (Lipinski definition) is 4. The zero-order valence-corrected chi connectivity index (χ0v) is 11.0. The van der Waals surface area contributed by atoms with Crippen molar-refractivity contribution in [2.45, 2.75) is 31.5 Å². The van der Waals surface area contributed by atoms with Gasteiger partial charge in [0.25, 0.3) is 0 Å². The predicted octanol–water partition coefficient (Wildman–Crippen LogP) is 2.41. The molecule has 0 radical (unpaired) electrons. The number of halogens is 3. The first kappa shape index (κ1) is 14.1. The molecule has 2 saturated carbocycles. The van der Waals surface area contributed by atoms with Crippen molar-refractivity contribution in [3.05, 3.63) is 18.0 Å². The molecular weight excluding hydrogens is 287 g/mol. The number of anilines is 1. The maximum atomic E-state index is 12.6. The van der Waals surface area contributed by atoms with Crippen LogP contribution in [-0.2, 0) is 11.0 Å². The van der Waals surface area contributed by atoms with E-state index in [1.54, 1.807) is 0 Å². The van der Waals surface area contributed by atoms with Crippen molar-refractivity contribution in [3.8, 4) is 0 Å². The van der Waals surface area contributed by atoms with Crippen LogP contribution in [0, 0.1) is 17.8 Å². The SMILES string of the molecule is O=C(O)C1C2CCC(C2)C1Nc1nccc(C(F)(F)F)n1. The van der Waals surface area contributed by atoms with Crippen LogP contribution in [0.3, 0.4) is 0 Å². The van der Waals surface area contributed by atoms with Crippen molar-refractivity contribution in [2.75, 3.05) is 5.32 Å². The summed E-state index contributed by atoms with van der Waals surface area (Å²) < 4.78 is 37.9. The maximum absolute atomic E-state index is 12.6. The normalized spacial score (nSPS) is 31.4. The van der Waals surface area contributed by atoms with Gasteiger partial charge in [0, 0.05) is 12.2 Å². The first-order valence-corrected chi connectivity index (χ1v) is 6.76. The molecule has 21 heavy (non-hydrogen) atoms. The molecule has 0 saturated heterocycles. The largest absolute Gasteiger partial charge is 0.481 e. The molecule has 2 aliphatic carbocycles. The summed E-state index contributed by atoms with van der Waals surface area (Å²) in [5.41, 5.74) is -1.03. The van der Waals surface area contributed by atoms with Crippen molar-refractivity contribution < 1.29 is 23.1 Å². The molecule has 2 aliphatic rings. The lowest BCUT2D eigenvalue weighted by molar-refractivity contribution is -0.144. The van der Waals surface area contributed by atoms with Crippen molar-refractivity contribution in [1.29, 1.82) is 0 Å². The molecule has 2 bridgehead atoms. The Kier molecular flexibility index (Phi) is 3.26. The lowest BCUT2D eigenvalue weighted by Crippen LogP contribution is -2.39. The number of aliphatic carboxylic acids is 1. The fourth-order valence-electron chi connectivity index (χ4n) is 3.59. The van der Waals surface area contributed by atoms with E-state index in [-0.39, 0.29) is 17.8 Å². The first-order chi connectivity index (χ1) is 9.86. The number of alkyl halides is 3. The summed E-state index contributed by atoms with van der Waals surface area (Å²) in [6, 6.07) is 0.394. The van der Waals surface area contributed by atoms with Gasteiger partial charge in [-0.05, 0) is 37.2 Å². The standard InChI is InChI=1S/C13H14F3N3O2/c14-13(15,16)8-3-4-17-12(18-8)19-10-7-2-1-6(5-7)9(10)11(20)21/h3-4,6-7,9-10H,1-2,5H2,(H,20,21)(H,17,18,19). The Morgan fingerprint density at radius 3 is 2.71 bits per heavy atom. The third-order valence-electron chi connectivity index (χ3n) is 4.44. The molecule has 0 spiro atoms. The smallest absolute Gasteiger partial charge is 0.433 e. The van der Waals surface area contributed by atoms with Crippen LogP contribution in [-0.4, -0.2) is 27.1 Å². The number of hydrogen-bond donors (Lipinski definition) is 2. The molecule has 1 heterocycles.